The lowest BCUT2D eigenvalue weighted by Gasteiger charge is -2.11. The van der Waals surface area contributed by atoms with E-state index >= 15 is 0 Å². The maximum atomic E-state index is 6.88. The summed E-state index contributed by atoms with van der Waals surface area (Å²) in [5.74, 6) is 0. The van der Waals surface area contributed by atoms with Crippen LogP contribution in [0.15, 0.2) is 191 Å². The summed E-state index contributed by atoms with van der Waals surface area (Å²) in [6.07, 6.45) is 0. The number of hydrogen-bond donors (Lipinski definition) is 0. The van der Waals surface area contributed by atoms with Crippen molar-refractivity contribution >= 4 is 76.7 Å². The van der Waals surface area contributed by atoms with Crippen LogP contribution in [0.5, 0.6) is 0 Å². The first kappa shape index (κ1) is 29.3. The molecule has 4 heteroatoms. The molecule has 0 saturated heterocycles. The summed E-state index contributed by atoms with van der Waals surface area (Å²) in [7, 11) is 0. The number of benzene rings is 8. The lowest BCUT2D eigenvalue weighted by atomic mass is 9.92. The molecule has 0 unspecified atom stereocenters. The SMILES string of the molecule is c1ccc(-n2c3ccccc3c3cc(-c4ccc(-c5cccc6oc7c(c8ccccc8n7-c7ccccc7)c56)c5oc6ccccc6c45)ccc32)cc1. The number of fused-ring (bicyclic) bond motifs is 11. The quantitative estimate of drug-likeness (QED) is 0.184. The standard InChI is InChI=1S/C50H30N2O2/c1-3-14-32(15-4-1)51-41-22-10-7-18-35(41)40-30-31(26-29-43(40)51)34-27-28-37(49-46(34)39-20-9-12-24-44(39)53-49)36-21-13-25-45-47(36)48-38-19-8-11-23-42(38)52(50(48)54-45)33-16-5-2-6-17-33/h1-30H. The molecule has 8 aromatic carbocycles. The maximum absolute atomic E-state index is 6.88. The van der Waals surface area contributed by atoms with Crippen LogP contribution in [-0.2, 0) is 0 Å². The van der Waals surface area contributed by atoms with Crippen molar-refractivity contribution in [1.29, 1.82) is 0 Å². The molecule has 0 aliphatic carbocycles. The maximum Gasteiger partial charge on any atom is 0.213 e. The number of hydrogen-bond acceptors (Lipinski definition) is 2. The van der Waals surface area contributed by atoms with E-state index in [1.165, 1.54) is 21.8 Å². The molecule has 4 nitrogen and oxygen atoms in total. The molecular formula is C50H30N2O2. The Labute approximate surface area is 309 Å². The van der Waals surface area contributed by atoms with Crippen LogP contribution in [0.3, 0.4) is 0 Å². The average molecular weight is 691 g/mol. The van der Waals surface area contributed by atoms with Crippen LogP contribution in [0.1, 0.15) is 0 Å². The predicted molar refractivity (Wildman–Crippen MR) is 223 cm³/mol. The number of nitrogens with zero attached hydrogens (tertiary/aromatic N) is 2. The Hall–Kier alpha value is -7.30. The molecule has 0 saturated carbocycles. The molecule has 12 aromatic rings. The second-order valence-corrected chi connectivity index (χ2v) is 14.0. The van der Waals surface area contributed by atoms with Gasteiger partial charge in [-0.25, -0.2) is 0 Å². The van der Waals surface area contributed by atoms with E-state index < -0.39 is 0 Å². The highest BCUT2D eigenvalue weighted by molar-refractivity contribution is 6.26. The van der Waals surface area contributed by atoms with Crippen LogP contribution < -0.4 is 0 Å². The molecule has 0 aliphatic heterocycles. The van der Waals surface area contributed by atoms with Gasteiger partial charge in [-0.05, 0) is 83.4 Å². The minimum atomic E-state index is 0.838. The topological polar surface area (TPSA) is 36.1 Å². The van der Waals surface area contributed by atoms with Crippen molar-refractivity contribution in [2.75, 3.05) is 0 Å². The summed E-state index contributed by atoms with van der Waals surface area (Å²) in [6, 6.07) is 64.5. The van der Waals surface area contributed by atoms with Gasteiger partial charge in [0.25, 0.3) is 0 Å². The van der Waals surface area contributed by atoms with Crippen molar-refractivity contribution in [3.63, 3.8) is 0 Å². The fraction of sp³-hybridized carbons (Fsp3) is 0. The fourth-order valence-corrected chi connectivity index (χ4v) is 8.87. The molecule has 0 bridgehead atoms. The van der Waals surface area contributed by atoms with Crippen molar-refractivity contribution in [3.05, 3.63) is 182 Å². The summed E-state index contributed by atoms with van der Waals surface area (Å²) in [4.78, 5) is 0. The lowest BCUT2D eigenvalue weighted by molar-refractivity contribution is 0.645. The van der Waals surface area contributed by atoms with E-state index in [0.29, 0.717) is 0 Å². The molecule has 0 amide bonds. The van der Waals surface area contributed by atoms with Crippen molar-refractivity contribution in [2.45, 2.75) is 0 Å². The first-order valence-electron chi connectivity index (χ1n) is 18.4. The van der Waals surface area contributed by atoms with Crippen LogP contribution in [0, 0.1) is 0 Å². The monoisotopic (exact) mass is 690 g/mol. The van der Waals surface area contributed by atoms with Gasteiger partial charge in [-0.15, -0.1) is 0 Å². The van der Waals surface area contributed by atoms with E-state index in [1.807, 2.05) is 12.1 Å². The molecule has 4 aromatic heterocycles. The molecule has 0 atom stereocenters. The third kappa shape index (κ3) is 4.02. The van der Waals surface area contributed by atoms with Crippen molar-refractivity contribution in [2.24, 2.45) is 0 Å². The smallest absolute Gasteiger partial charge is 0.213 e. The Morgan fingerprint density at radius 2 is 0.944 bits per heavy atom. The third-order valence-electron chi connectivity index (χ3n) is 11.1. The van der Waals surface area contributed by atoms with Gasteiger partial charge < -0.3 is 13.4 Å². The minimum absolute atomic E-state index is 0.838. The average Bonchev–Trinajstić information content (AvgIpc) is 3.98. The van der Waals surface area contributed by atoms with Crippen molar-refractivity contribution < 1.29 is 8.83 Å². The van der Waals surface area contributed by atoms with Gasteiger partial charge in [0.1, 0.15) is 16.7 Å². The van der Waals surface area contributed by atoms with Gasteiger partial charge in [-0.2, -0.15) is 0 Å². The highest BCUT2D eigenvalue weighted by atomic mass is 16.3. The van der Waals surface area contributed by atoms with E-state index in [1.54, 1.807) is 0 Å². The molecule has 0 radical (unpaired) electrons. The van der Waals surface area contributed by atoms with Crippen LogP contribution in [0.4, 0.5) is 0 Å². The van der Waals surface area contributed by atoms with Crippen LogP contribution in [-0.4, -0.2) is 9.13 Å². The van der Waals surface area contributed by atoms with Crippen LogP contribution >= 0.6 is 0 Å². The Morgan fingerprint density at radius 3 is 1.74 bits per heavy atom. The zero-order valence-corrected chi connectivity index (χ0v) is 29.0. The molecule has 0 fully saturated rings. The van der Waals surface area contributed by atoms with Crippen molar-refractivity contribution in [1.82, 2.24) is 9.13 Å². The highest BCUT2D eigenvalue weighted by Crippen LogP contribution is 2.47. The van der Waals surface area contributed by atoms with Gasteiger partial charge in [0.05, 0.1) is 21.9 Å². The number of furan rings is 2. The van der Waals surface area contributed by atoms with Gasteiger partial charge >= 0.3 is 0 Å². The fourth-order valence-electron chi connectivity index (χ4n) is 8.87. The van der Waals surface area contributed by atoms with Gasteiger partial charge in [0.2, 0.25) is 5.71 Å². The summed E-state index contributed by atoms with van der Waals surface area (Å²) < 4.78 is 18.3. The van der Waals surface area contributed by atoms with Gasteiger partial charge in [0.15, 0.2) is 0 Å². The molecule has 54 heavy (non-hydrogen) atoms. The summed E-state index contributed by atoms with van der Waals surface area (Å²) >= 11 is 0. The van der Waals surface area contributed by atoms with E-state index in [9.17, 15) is 0 Å². The van der Waals surface area contributed by atoms with E-state index in [4.69, 9.17) is 8.83 Å². The zero-order valence-electron chi connectivity index (χ0n) is 29.0. The Bertz CT molecular complexity index is 3430. The second kappa shape index (κ2) is 11.1. The molecule has 0 spiro atoms. The van der Waals surface area contributed by atoms with Crippen LogP contribution in [0.25, 0.3) is 110 Å². The van der Waals surface area contributed by atoms with Gasteiger partial charge in [-0.1, -0.05) is 115 Å². The zero-order chi connectivity index (χ0) is 35.3. The van der Waals surface area contributed by atoms with E-state index in [-0.39, 0.29) is 0 Å². The lowest BCUT2D eigenvalue weighted by Crippen LogP contribution is -1.92. The Morgan fingerprint density at radius 1 is 0.333 bits per heavy atom. The number of rotatable bonds is 4. The van der Waals surface area contributed by atoms with E-state index in [2.05, 4.69) is 179 Å². The minimum Gasteiger partial charge on any atom is -0.455 e. The molecule has 12 rings (SSSR count). The Balaban J connectivity index is 1.13. The highest BCUT2D eigenvalue weighted by Gasteiger charge is 2.24. The Kier molecular flexibility index (Phi) is 6.02. The third-order valence-corrected chi connectivity index (χ3v) is 11.1. The number of aromatic nitrogens is 2. The summed E-state index contributed by atoms with van der Waals surface area (Å²) in [5, 5.41) is 8.00. The second-order valence-electron chi connectivity index (χ2n) is 14.0. The molecule has 0 N–H and O–H groups in total. The number of para-hydroxylation sites is 5. The normalized spacial score (nSPS) is 12.1. The molecule has 252 valence electrons. The largest absolute Gasteiger partial charge is 0.455 e. The molecule has 0 aliphatic rings. The van der Waals surface area contributed by atoms with Gasteiger partial charge in [-0.3, -0.25) is 4.57 Å². The predicted octanol–water partition coefficient (Wildman–Crippen LogP) is 13.9. The van der Waals surface area contributed by atoms with E-state index in [0.717, 1.165) is 88.5 Å². The molecular weight excluding hydrogens is 661 g/mol. The molecule has 4 heterocycles. The summed E-state index contributed by atoms with van der Waals surface area (Å²) in [6.45, 7) is 0. The first-order chi connectivity index (χ1) is 26.8. The first-order valence-corrected chi connectivity index (χ1v) is 18.4. The summed E-state index contributed by atoms with van der Waals surface area (Å²) in [5.41, 5.74) is 13.5. The van der Waals surface area contributed by atoms with Gasteiger partial charge in [0, 0.05) is 49.3 Å². The van der Waals surface area contributed by atoms with Crippen molar-refractivity contribution in [3.8, 4) is 33.6 Å². The van der Waals surface area contributed by atoms with Crippen LogP contribution in [0.2, 0.25) is 0 Å².